The Morgan fingerprint density at radius 1 is 1.05 bits per heavy atom. The van der Waals surface area contributed by atoms with Crippen molar-refractivity contribution < 1.29 is 4.74 Å². The molecule has 2 rings (SSSR count). The van der Waals surface area contributed by atoms with Crippen LogP contribution >= 0.6 is 15.9 Å². The van der Waals surface area contributed by atoms with Gasteiger partial charge >= 0.3 is 0 Å². The van der Waals surface area contributed by atoms with Gasteiger partial charge < -0.3 is 4.74 Å². The molecule has 0 saturated heterocycles. The van der Waals surface area contributed by atoms with Crippen LogP contribution in [-0.2, 0) is 5.41 Å². The summed E-state index contributed by atoms with van der Waals surface area (Å²) in [7, 11) is 0. The van der Waals surface area contributed by atoms with Crippen molar-refractivity contribution in [3.63, 3.8) is 0 Å². The maximum atomic E-state index is 9.20. The highest BCUT2D eigenvalue weighted by atomic mass is 79.9. The fourth-order valence-corrected chi connectivity index (χ4v) is 2.33. The number of hydrogen-bond acceptors (Lipinski definition) is 2. The quantitative estimate of drug-likeness (QED) is 0.737. The molecular formula is C17H16BrNO. The summed E-state index contributed by atoms with van der Waals surface area (Å²) in [4.78, 5) is 0. The molecule has 3 heteroatoms. The van der Waals surface area contributed by atoms with Crippen molar-refractivity contribution in [2.45, 2.75) is 26.2 Å². The second kappa shape index (κ2) is 5.68. The Kier molecular flexibility index (Phi) is 4.15. The van der Waals surface area contributed by atoms with Gasteiger partial charge in [0.25, 0.3) is 0 Å². The van der Waals surface area contributed by atoms with Crippen molar-refractivity contribution in [1.82, 2.24) is 0 Å². The number of halogens is 1. The monoisotopic (exact) mass is 329 g/mol. The molecule has 0 bridgehead atoms. The highest BCUT2D eigenvalue weighted by Gasteiger charge is 2.19. The summed E-state index contributed by atoms with van der Waals surface area (Å²) in [5.41, 5.74) is 1.62. The Bertz CT molecular complexity index is 665. The third kappa shape index (κ3) is 3.20. The van der Waals surface area contributed by atoms with Crippen molar-refractivity contribution in [2.75, 3.05) is 0 Å². The maximum Gasteiger partial charge on any atom is 0.145 e. The topological polar surface area (TPSA) is 33.0 Å². The first kappa shape index (κ1) is 14.6. The van der Waals surface area contributed by atoms with E-state index in [1.807, 2.05) is 30.3 Å². The van der Waals surface area contributed by atoms with Crippen LogP contribution in [0.1, 0.15) is 31.9 Å². The fraction of sp³-hybridized carbons (Fsp3) is 0.235. The molecule has 0 aliphatic heterocycles. The molecule has 0 heterocycles. The van der Waals surface area contributed by atoms with Gasteiger partial charge in [0.1, 0.15) is 17.6 Å². The van der Waals surface area contributed by atoms with Gasteiger partial charge in [-0.15, -0.1) is 0 Å². The number of nitriles is 1. The Hall–Kier alpha value is -1.79. The Balaban J connectivity index is 2.44. The van der Waals surface area contributed by atoms with E-state index >= 15 is 0 Å². The summed E-state index contributed by atoms with van der Waals surface area (Å²) < 4.78 is 6.84. The van der Waals surface area contributed by atoms with Gasteiger partial charge in [-0.1, -0.05) is 54.9 Å². The lowest BCUT2D eigenvalue weighted by Gasteiger charge is -2.22. The van der Waals surface area contributed by atoms with Gasteiger partial charge in [0.15, 0.2) is 0 Å². The number of nitrogens with zero attached hydrogens (tertiary/aromatic N) is 1. The van der Waals surface area contributed by atoms with Crippen LogP contribution in [0.15, 0.2) is 46.9 Å². The van der Waals surface area contributed by atoms with Gasteiger partial charge in [-0.2, -0.15) is 5.26 Å². The first-order valence-corrected chi connectivity index (χ1v) is 7.18. The Morgan fingerprint density at radius 2 is 1.75 bits per heavy atom. The van der Waals surface area contributed by atoms with Crippen molar-refractivity contribution in [1.29, 1.82) is 5.26 Å². The zero-order chi connectivity index (χ0) is 14.8. The van der Waals surface area contributed by atoms with Crippen LogP contribution < -0.4 is 4.74 Å². The zero-order valence-electron chi connectivity index (χ0n) is 11.8. The number of ether oxygens (including phenoxy) is 1. The van der Waals surface area contributed by atoms with Crippen LogP contribution in [0, 0.1) is 11.3 Å². The van der Waals surface area contributed by atoms with Crippen LogP contribution in [0.2, 0.25) is 0 Å². The smallest absolute Gasteiger partial charge is 0.145 e. The average Bonchev–Trinajstić information content (AvgIpc) is 2.40. The van der Waals surface area contributed by atoms with E-state index in [9.17, 15) is 5.26 Å². The largest absolute Gasteiger partial charge is 0.456 e. The van der Waals surface area contributed by atoms with Crippen molar-refractivity contribution in [2.24, 2.45) is 0 Å². The lowest BCUT2D eigenvalue weighted by atomic mass is 9.86. The van der Waals surface area contributed by atoms with E-state index in [-0.39, 0.29) is 5.41 Å². The molecule has 0 atom stereocenters. The van der Waals surface area contributed by atoms with E-state index in [4.69, 9.17) is 4.74 Å². The van der Waals surface area contributed by atoms with Gasteiger partial charge in [0.2, 0.25) is 0 Å². The number of benzene rings is 2. The van der Waals surface area contributed by atoms with E-state index in [0.717, 1.165) is 15.8 Å². The number of hydrogen-bond donors (Lipinski definition) is 0. The summed E-state index contributed by atoms with van der Waals surface area (Å²) in [5.74, 6) is 1.37. The van der Waals surface area contributed by atoms with Crippen LogP contribution in [0.5, 0.6) is 11.5 Å². The molecule has 0 aromatic heterocycles. The van der Waals surface area contributed by atoms with E-state index in [1.54, 1.807) is 6.07 Å². The molecule has 0 saturated carbocycles. The molecule has 20 heavy (non-hydrogen) atoms. The summed E-state index contributed by atoms with van der Waals surface area (Å²) in [6.07, 6.45) is 0. The maximum absolute atomic E-state index is 9.20. The van der Waals surface area contributed by atoms with Gasteiger partial charge in [-0.05, 0) is 29.7 Å². The zero-order valence-corrected chi connectivity index (χ0v) is 13.4. The number of para-hydroxylation sites is 1. The van der Waals surface area contributed by atoms with Crippen LogP contribution in [0.25, 0.3) is 0 Å². The second-order valence-corrected chi connectivity index (χ2v) is 6.52. The third-order valence-electron chi connectivity index (χ3n) is 2.98. The third-order valence-corrected chi connectivity index (χ3v) is 3.47. The van der Waals surface area contributed by atoms with Crippen LogP contribution in [0.4, 0.5) is 0 Å². The van der Waals surface area contributed by atoms with Gasteiger partial charge in [-0.3, -0.25) is 0 Å². The Morgan fingerprint density at radius 3 is 2.40 bits per heavy atom. The van der Waals surface area contributed by atoms with E-state index in [2.05, 4.69) is 48.8 Å². The summed E-state index contributed by atoms with van der Waals surface area (Å²) in [5, 5.41) is 9.20. The van der Waals surface area contributed by atoms with Crippen molar-refractivity contribution in [3.05, 3.63) is 58.1 Å². The molecule has 0 aliphatic carbocycles. The molecule has 2 aromatic rings. The number of rotatable bonds is 2. The highest BCUT2D eigenvalue weighted by Crippen LogP contribution is 2.35. The summed E-state index contributed by atoms with van der Waals surface area (Å²) in [6, 6.07) is 15.5. The predicted octanol–water partition coefficient (Wildman–Crippen LogP) is 5.41. The van der Waals surface area contributed by atoms with E-state index in [1.165, 1.54) is 0 Å². The summed E-state index contributed by atoms with van der Waals surface area (Å²) in [6.45, 7) is 6.42. The van der Waals surface area contributed by atoms with Crippen molar-refractivity contribution >= 4 is 15.9 Å². The average molecular weight is 330 g/mol. The molecular weight excluding hydrogens is 314 g/mol. The molecule has 0 aliphatic rings. The summed E-state index contributed by atoms with van der Waals surface area (Å²) >= 11 is 3.36. The molecule has 102 valence electrons. The molecule has 0 spiro atoms. The van der Waals surface area contributed by atoms with Gasteiger partial charge in [0, 0.05) is 10.0 Å². The second-order valence-electron chi connectivity index (χ2n) is 5.60. The standard InChI is InChI=1S/C17H16BrNO/c1-17(2,3)14-6-4-5-7-16(14)20-15-9-8-13(18)10-12(15)11-19/h4-10H,1-3H3. The highest BCUT2D eigenvalue weighted by molar-refractivity contribution is 9.10. The molecule has 0 N–H and O–H groups in total. The molecule has 0 radical (unpaired) electrons. The van der Waals surface area contributed by atoms with Crippen molar-refractivity contribution in [3.8, 4) is 17.6 Å². The van der Waals surface area contributed by atoms with Gasteiger partial charge in [-0.25, -0.2) is 0 Å². The molecule has 0 unspecified atom stereocenters. The minimum absolute atomic E-state index is 0.0151. The fourth-order valence-electron chi connectivity index (χ4n) is 1.97. The SMILES string of the molecule is CC(C)(C)c1ccccc1Oc1ccc(Br)cc1C#N. The minimum atomic E-state index is -0.0151. The molecule has 0 fully saturated rings. The lowest BCUT2D eigenvalue weighted by molar-refractivity contribution is 0.454. The minimum Gasteiger partial charge on any atom is -0.456 e. The van der Waals surface area contributed by atoms with E-state index < -0.39 is 0 Å². The normalized spacial score (nSPS) is 10.9. The molecule has 0 amide bonds. The first-order chi connectivity index (χ1) is 9.41. The molecule has 2 aromatic carbocycles. The molecule has 2 nitrogen and oxygen atoms in total. The predicted molar refractivity (Wildman–Crippen MR) is 84.1 cm³/mol. The Labute approximate surface area is 128 Å². The first-order valence-electron chi connectivity index (χ1n) is 6.39. The van der Waals surface area contributed by atoms with E-state index in [0.29, 0.717) is 11.3 Å². The lowest BCUT2D eigenvalue weighted by Crippen LogP contribution is -2.12. The van der Waals surface area contributed by atoms with Crippen LogP contribution in [0.3, 0.4) is 0 Å². The van der Waals surface area contributed by atoms with Gasteiger partial charge in [0.05, 0.1) is 5.56 Å². The van der Waals surface area contributed by atoms with Crippen LogP contribution in [-0.4, -0.2) is 0 Å².